The Morgan fingerprint density at radius 2 is 1.47 bits per heavy atom. The molecule has 0 atom stereocenters. The van der Waals surface area contributed by atoms with E-state index in [1.165, 1.54) is 71.2 Å². The molecule has 17 heavy (non-hydrogen) atoms. The van der Waals surface area contributed by atoms with Crippen molar-refractivity contribution < 1.29 is 0 Å². The van der Waals surface area contributed by atoms with Crippen molar-refractivity contribution >= 4 is 0 Å². The van der Waals surface area contributed by atoms with Crippen molar-refractivity contribution in [2.24, 2.45) is 0 Å². The standard InChI is InChI=1S/C15H32N2/c1-4-7-11-17(12-8-5-2)15-9-13-16(6-3)14-10-15/h15H,4-14H2,1-3H3. The van der Waals surface area contributed by atoms with Gasteiger partial charge in [-0.25, -0.2) is 0 Å². The van der Waals surface area contributed by atoms with Gasteiger partial charge in [-0.3, -0.25) is 0 Å². The highest BCUT2D eigenvalue weighted by atomic mass is 15.2. The number of hydrogen-bond donors (Lipinski definition) is 0. The van der Waals surface area contributed by atoms with Gasteiger partial charge < -0.3 is 9.80 Å². The number of piperidine rings is 1. The summed E-state index contributed by atoms with van der Waals surface area (Å²) >= 11 is 0. The molecule has 1 heterocycles. The molecule has 0 radical (unpaired) electrons. The van der Waals surface area contributed by atoms with Gasteiger partial charge in [-0.2, -0.15) is 0 Å². The van der Waals surface area contributed by atoms with Crippen LogP contribution < -0.4 is 0 Å². The van der Waals surface area contributed by atoms with Crippen molar-refractivity contribution in [2.45, 2.75) is 65.3 Å². The molecule has 1 aliphatic rings. The van der Waals surface area contributed by atoms with Crippen LogP contribution in [-0.4, -0.2) is 48.6 Å². The number of nitrogens with zero attached hydrogens (tertiary/aromatic N) is 2. The first-order chi connectivity index (χ1) is 8.31. The van der Waals surface area contributed by atoms with E-state index in [1.807, 2.05) is 0 Å². The van der Waals surface area contributed by atoms with Crippen LogP contribution in [0.3, 0.4) is 0 Å². The minimum absolute atomic E-state index is 0.871. The first kappa shape index (κ1) is 15.0. The highest BCUT2D eigenvalue weighted by Crippen LogP contribution is 2.17. The fourth-order valence-electron chi connectivity index (χ4n) is 2.80. The van der Waals surface area contributed by atoms with E-state index < -0.39 is 0 Å². The monoisotopic (exact) mass is 240 g/mol. The van der Waals surface area contributed by atoms with E-state index in [2.05, 4.69) is 30.6 Å². The molecule has 0 aromatic carbocycles. The van der Waals surface area contributed by atoms with E-state index >= 15 is 0 Å². The second-order valence-corrected chi connectivity index (χ2v) is 5.41. The van der Waals surface area contributed by atoms with Gasteiger partial charge in [0.1, 0.15) is 0 Å². The van der Waals surface area contributed by atoms with Crippen molar-refractivity contribution in [3.05, 3.63) is 0 Å². The molecule has 0 saturated carbocycles. The summed E-state index contributed by atoms with van der Waals surface area (Å²) in [5.41, 5.74) is 0. The molecule has 0 N–H and O–H groups in total. The van der Waals surface area contributed by atoms with Crippen molar-refractivity contribution in [3.8, 4) is 0 Å². The van der Waals surface area contributed by atoms with Crippen LogP contribution in [0.1, 0.15) is 59.3 Å². The average Bonchev–Trinajstić information content (AvgIpc) is 2.39. The second kappa shape index (κ2) is 8.93. The molecule has 1 fully saturated rings. The molecule has 0 bridgehead atoms. The summed E-state index contributed by atoms with van der Waals surface area (Å²) in [6.45, 7) is 13.4. The summed E-state index contributed by atoms with van der Waals surface area (Å²) in [6, 6.07) is 0.871. The summed E-state index contributed by atoms with van der Waals surface area (Å²) in [5, 5.41) is 0. The maximum atomic E-state index is 2.78. The van der Waals surface area contributed by atoms with E-state index in [-0.39, 0.29) is 0 Å². The van der Waals surface area contributed by atoms with Gasteiger partial charge in [0.2, 0.25) is 0 Å². The van der Waals surface area contributed by atoms with E-state index in [0.29, 0.717) is 0 Å². The number of unbranched alkanes of at least 4 members (excludes halogenated alkanes) is 2. The first-order valence-corrected chi connectivity index (χ1v) is 7.78. The van der Waals surface area contributed by atoms with Crippen LogP contribution >= 0.6 is 0 Å². The van der Waals surface area contributed by atoms with Crippen molar-refractivity contribution in [2.75, 3.05) is 32.7 Å². The number of likely N-dealkylation sites (tertiary alicyclic amines) is 1. The van der Waals surface area contributed by atoms with Gasteiger partial charge in [0.25, 0.3) is 0 Å². The lowest BCUT2D eigenvalue weighted by atomic mass is 10.0. The smallest absolute Gasteiger partial charge is 0.0120 e. The molecular formula is C15H32N2. The Morgan fingerprint density at radius 1 is 0.941 bits per heavy atom. The number of hydrogen-bond acceptors (Lipinski definition) is 2. The van der Waals surface area contributed by atoms with Gasteiger partial charge in [-0.15, -0.1) is 0 Å². The summed E-state index contributed by atoms with van der Waals surface area (Å²) in [4.78, 5) is 5.37. The fourth-order valence-corrected chi connectivity index (χ4v) is 2.80. The SMILES string of the molecule is CCCCN(CCCC)C1CCN(CC)CC1. The average molecular weight is 240 g/mol. The highest BCUT2D eigenvalue weighted by Gasteiger charge is 2.22. The second-order valence-electron chi connectivity index (χ2n) is 5.41. The molecule has 2 heteroatoms. The maximum absolute atomic E-state index is 2.78. The Balaban J connectivity index is 2.34. The summed E-state index contributed by atoms with van der Waals surface area (Å²) in [5.74, 6) is 0. The van der Waals surface area contributed by atoms with Gasteiger partial charge in [0, 0.05) is 6.04 Å². The Labute approximate surface area is 108 Å². The molecule has 0 aromatic rings. The molecule has 0 aromatic heterocycles. The van der Waals surface area contributed by atoms with E-state index in [4.69, 9.17) is 0 Å². The van der Waals surface area contributed by atoms with Gasteiger partial charge >= 0.3 is 0 Å². The first-order valence-electron chi connectivity index (χ1n) is 7.78. The lowest BCUT2D eigenvalue weighted by molar-refractivity contribution is 0.108. The molecule has 1 aliphatic heterocycles. The van der Waals surface area contributed by atoms with Gasteiger partial charge in [0.05, 0.1) is 0 Å². The fraction of sp³-hybridized carbons (Fsp3) is 1.00. The minimum Gasteiger partial charge on any atom is -0.303 e. The topological polar surface area (TPSA) is 6.48 Å². The molecule has 0 aliphatic carbocycles. The summed E-state index contributed by atoms with van der Waals surface area (Å²) in [7, 11) is 0. The Hall–Kier alpha value is -0.0800. The van der Waals surface area contributed by atoms with Crippen molar-refractivity contribution in [3.63, 3.8) is 0 Å². The van der Waals surface area contributed by atoms with Crippen LogP contribution in [0.2, 0.25) is 0 Å². The van der Waals surface area contributed by atoms with E-state index in [0.717, 1.165) is 6.04 Å². The summed E-state index contributed by atoms with van der Waals surface area (Å²) < 4.78 is 0. The van der Waals surface area contributed by atoms with Crippen molar-refractivity contribution in [1.82, 2.24) is 9.80 Å². The van der Waals surface area contributed by atoms with E-state index in [1.54, 1.807) is 0 Å². The van der Waals surface area contributed by atoms with Gasteiger partial charge in [0.15, 0.2) is 0 Å². The van der Waals surface area contributed by atoms with Gasteiger partial charge in [-0.1, -0.05) is 33.6 Å². The van der Waals surface area contributed by atoms with Crippen LogP contribution in [0.15, 0.2) is 0 Å². The highest BCUT2D eigenvalue weighted by molar-refractivity contribution is 4.79. The molecule has 1 rings (SSSR count). The molecule has 102 valence electrons. The predicted molar refractivity (Wildman–Crippen MR) is 76.5 cm³/mol. The Bertz CT molecular complexity index is 166. The Morgan fingerprint density at radius 3 is 1.88 bits per heavy atom. The van der Waals surface area contributed by atoms with Crippen LogP contribution in [0.4, 0.5) is 0 Å². The normalized spacial score (nSPS) is 19.1. The zero-order valence-corrected chi connectivity index (χ0v) is 12.2. The third kappa shape index (κ3) is 5.39. The summed E-state index contributed by atoms with van der Waals surface area (Å²) in [6.07, 6.45) is 8.19. The third-order valence-corrected chi connectivity index (χ3v) is 4.12. The molecular weight excluding hydrogens is 208 g/mol. The van der Waals surface area contributed by atoms with Gasteiger partial charge in [-0.05, 0) is 58.4 Å². The zero-order valence-electron chi connectivity index (χ0n) is 12.2. The van der Waals surface area contributed by atoms with Crippen molar-refractivity contribution in [1.29, 1.82) is 0 Å². The quantitative estimate of drug-likeness (QED) is 0.642. The number of rotatable bonds is 8. The molecule has 1 saturated heterocycles. The molecule has 0 spiro atoms. The maximum Gasteiger partial charge on any atom is 0.0120 e. The van der Waals surface area contributed by atoms with Crippen LogP contribution in [0.5, 0.6) is 0 Å². The van der Waals surface area contributed by atoms with Crippen LogP contribution in [0.25, 0.3) is 0 Å². The molecule has 2 nitrogen and oxygen atoms in total. The van der Waals surface area contributed by atoms with Crippen LogP contribution in [-0.2, 0) is 0 Å². The zero-order chi connectivity index (χ0) is 12.5. The minimum atomic E-state index is 0.871. The molecule has 0 unspecified atom stereocenters. The predicted octanol–water partition coefficient (Wildman–Crippen LogP) is 3.37. The lowest BCUT2D eigenvalue weighted by Gasteiger charge is -2.38. The van der Waals surface area contributed by atoms with Crippen LogP contribution in [0, 0.1) is 0 Å². The van der Waals surface area contributed by atoms with E-state index in [9.17, 15) is 0 Å². The largest absolute Gasteiger partial charge is 0.303 e. The molecule has 0 amide bonds. The lowest BCUT2D eigenvalue weighted by Crippen LogP contribution is -2.45. The third-order valence-electron chi connectivity index (χ3n) is 4.12. The Kier molecular flexibility index (Phi) is 7.87.